The molecular formula is C14H24N2O. The number of aryl methyl sites for hydroxylation is 1. The molecule has 1 aromatic heterocycles. The minimum atomic E-state index is -0.160. The Balaban J connectivity index is 2.17. The van der Waals surface area contributed by atoms with Crippen LogP contribution in [0, 0.1) is 5.41 Å². The maximum absolute atomic E-state index is 9.84. The van der Waals surface area contributed by atoms with Crippen molar-refractivity contribution in [3.63, 3.8) is 0 Å². The second-order valence-corrected chi connectivity index (χ2v) is 6.01. The average molecular weight is 236 g/mol. The van der Waals surface area contributed by atoms with E-state index in [-0.39, 0.29) is 11.5 Å². The Morgan fingerprint density at radius 1 is 1.53 bits per heavy atom. The number of aliphatic hydroxyl groups excluding tert-OH is 1. The smallest absolute Gasteiger partial charge is 0.0594 e. The van der Waals surface area contributed by atoms with Gasteiger partial charge in [0.15, 0.2) is 0 Å². The first-order valence-electron chi connectivity index (χ1n) is 6.74. The summed E-state index contributed by atoms with van der Waals surface area (Å²) in [6.45, 7) is 6.75. The summed E-state index contributed by atoms with van der Waals surface area (Å²) in [5.41, 5.74) is 1.54. The molecule has 0 spiro atoms. The lowest BCUT2D eigenvalue weighted by atomic mass is 9.72. The van der Waals surface area contributed by atoms with Gasteiger partial charge in [-0.25, -0.2) is 0 Å². The molecule has 1 aliphatic carbocycles. The van der Waals surface area contributed by atoms with E-state index in [0.29, 0.717) is 6.04 Å². The third-order valence-electron chi connectivity index (χ3n) is 4.03. The lowest BCUT2D eigenvalue weighted by Gasteiger charge is -2.40. The Labute approximate surface area is 104 Å². The predicted octanol–water partition coefficient (Wildman–Crippen LogP) is 2.95. The van der Waals surface area contributed by atoms with Crippen molar-refractivity contribution in [1.29, 1.82) is 0 Å². The highest BCUT2D eigenvalue weighted by Gasteiger charge is 2.37. The molecule has 1 fully saturated rings. The van der Waals surface area contributed by atoms with Crippen LogP contribution in [-0.4, -0.2) is 21.0 Å². The Morgan fingerprint density at radius 2 is 2.29 bits per heavy atom. The van der Waals surface area contributed by atoms with Gasteiger partial charge in [-0.15, -0.1) is 0 Å². The molecule has 1 saturated carbocycles. The Morgan fingerprint density at radius 3 is 3.00 bits per heavy atom. The molecule has 3 nitrogen and oxygen atoms in total. The Hall–Kier alpha value is -0.830. The summed E-state index contributed by atoms with van der Waals surface area (Å²) in [7, 11) is 0. The third-order valence-corrected chi connectivity index (χ3v) is 4.03. The second kappa shape index (κ2) is 4.81. The van der Waals surface area contributed by atoms with Crippen LogP contribution in [-0.2, 0) is 6.42 Å². The van der Waals surface area contributed by atoms with Gasteiger partial charge in [0, 0.05) is 6.20 Å². The zero-order valence-corrected chi connectivity index (χ0v) is 11.2. The summed E-state index contributed by atoms with van der Waals surface area (Å²) in [5.74, 6) is 0. The fraction of sp³-hybridized carbons (Fsp3) is 0.786. The Kier molecular flexibility index (Phi) is 3.57. The number of aliphatic hydroxyl groups is 1. The van der Waals surface area contributed by atoms with E-state index < -0.39 is 0 Å². The maximum atomic E-state index is 9.84. The largest absolute Gasteiger partial charge is 0.393 e. The van der Waals surface area contributed by atoms with E-state index in [1.54, 1.807) is 0 Å². The van der Waals surface area contributed by atoms with Crippen LogP contribution in [0.2, 0.25) is 0 Å². The normalized spacial score (nSPS) is 28.2. The molecule has 0 aliphatic heterocycles. The topological polar surface area (TPSA) is 38.0 Å². The fourth-order valence-electron chi connectivity index (χ4n) is 2.83. The van der Waals surface area contributed by atoms with Gasteiger partial charge in [-0.2, -0.15) is 5.10 Å². The molecule has 0 aromatic carbocycles. The van der Waals surface area contributed by atoms with Crippen LogP contribution < -0.4 is 0 Å². The van der Waals surface area contributed by atoms with Crippen molar-refractivity contribution in [3.8, 4) is 0 Å². The number of aromatic nitrogens is 2. The van der Waals surface area contributed by atoms with Gasteiger partial charge in [0.05, 0.1) is 18.3 Å². The molecule has 96 valence electrons. The average Bonchev–Trinajstić information content (AvgIpc) is 2.71. The summed E-state index contributed by atoms with van der Waals surface area (Å²) < 4.78 is 2.08. The predicted molar refractivity (Wildman–Crippen MR) is 68.9 cm³/mol. The Bertz CT molecular complexity index is 370. The number of hydrogen-bond donors (Lipinski definition) is 1. The van der Waals surface area contributed by atoms with Crippen LogP contribution >= 0.6 is 0 Å². The minimum Gasteiger partial charge on any atom is -0.393 e. The van der Waals surface area contributed by atoms with Crippen molar-refractivity contribution in [2.45, 2.75) is 65.0 Å². The molecule has 0 radical (unpaired) electrons. The van der Waals surface area contributed by atoms with Crippen LogP contribution in [0.15, 0.2) is 12.4 Å². The van der Waals surface area contributed by atoms with Crippen molar-refractivity contribution in [2.75, 3.05) is 0 Å². The molecular weight excluding hydrogens is 212 g/mol. The third kappa shape index (κ3) is 2.71. The molecule has 2 atom stereocenters. The van der Waals surface area contributed by atoms with Gasteiger partial charge in [-0.3, -0.25) is 4.68 Å². The molecule has 2 unspecified atom stereocenters. The summed E-state index contributed by atoms with van der Waals surface area (Å²) in [6.07, 6.45) is 9.05. The van der Waals surface area contributed by atoms with Gasteiger partial charge in [-0.1, -0.05) is 27.2 Å². The first kappa shape index (κ1) is 12.6. The molecule has 1 N–H and O–H groups in total. The van der Waals surface area contributed by atoms with Crippen LogP contribution in [0.3, 0.4) is 0 Å². The lowest BCUT2D eigenvalue weighted by molar-refractivity contribution is 0.0292. The van der Waals surface area contributed by atoms with Gasteiger partial charge in [0.1, 0.15) is 0 Å². The maximum Gasteiger partial charge on any atom is 0.0594 e. The lowest BCUT2D eigenvalue weighted by Crippen LogP contribution is -2.36. The van der Waals surface area contributed by atoms with Gasteiger partial charge in [0.25, 0.3) is 0 Å². The summed E-state index contributed by atoms with van der Waals surface area (Å²) >= 11 is 0. The van der Waals surface area contributed by atoms with Gasteiger partial charge in [0.2, 0.25) is 0 Å². The van der Waals surface area contributed by atoms with Crippen LogP contribution in [0.25, 0.3) is 0 Å². The molecule has 0 amide bonds. The van der Waals surface area contributed by atoms with E-state index >= 15 is 0 Å². The van der Waals surface area contributed by atoms with Gasteiger partial charge < -0.3 is 5.11 Å². The van der Waals surface area contributed by atoms with E-state index in [9.17, 15) is 5.11 Å². The number of rotatable bonds is 3. The molecule has 2 rings (SSSR count). The van der Waals surface area contributed by atoms with Crippen molar-refractivity contribution in [3.05, 3.63) is 18.0 Å². The molecule has 1 aliphatic rings. The van der Waals surface area contributed by atoms with Gasteiger partial charge >= 0.3 is 0 Å². The monoisotopic (exact) mass is 236 g/mol. The highest BCUT2D eigenvalue weighted by atomic mass is 16.3. The van der Waals surface area contributed by atoms with E-state index in [1.807, 2.05) is 6.20 Å². The molecule has 0 bridgehead atoms. The number of hydrogen-bond acceptors (Lipinski definition) is 2. The van der Waals surface area contributed by atoms with Crippen molar-refractivity contribution >= 4 is 0 Å². The molecule has 3 heteroatoms. The van der Waals surface area contributed by atoms with Crippen molar-refractivity contribution in [1.82, 2.24) is 9.78 Å². The molecule has 17 heavy (non-hydrogen) atoms. The number of nitrogens with zero attached hydrogens (tertiary/aromatic N) is 2. The quantitative estimate of drug-likeness (QED) is 0.876. The first-order valence-corrected chi connectivity index (χ1v) is 6.74. The zero-order valence-electron chi connectivity index (χ0n) is 11.2. The highest BCUT2D eigenvalue weighted by molar-refractivity contribution is 5.06. The van der Waals surface area contributed by atoms with Crippen LogP contribution in [0.4, 0.5) is 0 Å². The van der Waals surface area contributed by atoms with Crippen molar-refractivity contribution in [2.24, 2.45) is 5.41 Å². The summed E-state index contributed by atoms with van der Waals surface area (Å²) in [4.78, 5) is 0. The van der Waals surface area contributed by atoms with Crippen LogP contribution in [0.5, 0.6) is 0 Å². The van der Waals surface area contributed by atoms with Crippen LogP contribution in [0.1, 0.15) is 58.1 Å². The van der Waals surface area contributed by atoms with E-state index in [0.717, 1.165) is 32.1 Å². The minimum absolute atomic E-state index is 0.160. The first-order chi connectivity index (χ1) is 8.03. The molecule has 1 aromatic rings. The van der Waals surface area contributed by atoms with E-state index in [4.69, 9.17) is 0 Å². The molecule has 1 heterocycles. The van der Waals surface area contributed by atoms with Gasteiger partial charge in [-0.05, 0) is 36.7 Å². The summed E-state index contributed by atoms with van der Waals surface area (Å²) in [6, 6.07) is 0.330. The summed E-state index contributed by atoms with van der Waals surface area (Å²) in [5, 5.41) is 14.3. The SMILES string of the molecule is CCCc1cnn(C2CC(O)CCC2(C)C)c1. The second-order valence-electron chi connectivity index (χ2n) is 6.01. The van der Waals surface area contributed by atoms with Crippen molar-refractivity contribution < 1.29 is 5.11 Å². The zero-order chi connectivity index (χ0) is 12.5. The standard InChI is InChI=1S/C14H24N2O/c1-4-5-11-9-15-16(10-11)13-8-12(17)6-7-14(13,2)3/h9-10,12-13,17H,4-8H2,1-3H3. The molecule has 0 saturated heterocycles. The fourth-order valence-corrected chi connectivity index (χ4v) is 2.83. The van der Waals surface area contributed by atoms with E-state index in [2.05, 4.69) is 36.7 Å². The highest BCUT2D eigenvalue weighted by Crippen LogP contribution is 2.43. The van der Waals surface area contributed by atoms with E-state index in [1.165, 1.54) is 5.56 Å².